The van der Waals surface area contributed by atoms with Crippen LogP contribution in [0.3, 0.4) is 0 Å². The third-order valence-corrected chi connectivity index (χ3v) is 2.75. The van der Waals surface area contributed by atoms with Gasteiger partial charge in [0.05, 0.1) is 18.6 Å². The van der Waals surface area contributed by atoms with Crippen molar-refractivity contribution in [1.82, 2.24) is 14.5 Å². The first-order valence-electron chi connectivity index (χ1n) is 6.46. The van der Waals surface area contributed by atoms with Gasteiger partial charge in [-0.15, -0.1) is 0 Å². The minimum absolute atomic E-state index is 0.0744. The van der Waals surface area contributed by atoms with E-state index in [9.17, 15) is 0 Å². The topological polar surface area (TPSA) is 66.0 Å². The number of imidazole rings is 1. The van der Waals surface area contributed by atoms with Crippen molar-refractivity contribution in [3.05, 3.63) is 42.2 Å². The van der Waals surface area contributed by atoms with Crippen LogP contribution in [0, 0.1) is 6.92 Å². The molecule has 0 fully saturated rings. The Bertz CT molecular complexity index is 508. The first-order chi connectivity index (χ1) is 9.15. The molecule has 0 saturated carbocycles. The molecular formula is C14H20N4O. The second-order valence-corrected chi connectivity index (χ2v) is 4.73. The fraction of sp³-hybridized carbons (Fsp3) is 0.429. The molecule has 19 heavy (non-hydrogen) atoms. The molecule has 2 heterocycles. The summed E-state index contributed by atoms with van der Waals surface area (Å²) in [5.74, 6) is 0.822. The largest absolute Gasteiger partial charge is 0.490 e. The Balaban J connectivity index is 1.98. The lowest BCUT2D eigenvalue weighted by molar-refractivity contribution is 0.293. The summed E-state index contributed by atoms with van der Waals surface area (Å²) >= 11 is 0. The molecule has 0 bridgehead atoms. The van der Waals surface area contributed by atoms with Crippen molar-refractivity contribution < 1.29 is 4.74 Å². The molecule has 0 aliphatic carbocycles. The summed E-state index contributed by atoms with van der Waals surface area (Å²) in [7, 11) is 0. The van der Waals surface area contributed by atoms with E-state index in [4.69, 9.17) is 10.5 Å². The number of rotatable bonds is 6. The molecule has 102 valence electrons. The van der Waals surface area contributed by atoms with Crippen LogP contribution in [0.5, 0.6) is 5.75 Å². The molecule has 1 unspecified atom stereocenters. The molecule has 0 aliphatic heterocycles. The van der Waals surface area contributed by atoms with E-state index in [0.29, 0.717) is 6.61 Å². The van der Waals surface area contributed by atoms with Gasteiger partial charge in [-0.1, -0.05) is 0 Å². The second-order valence-electron chi connectivity index (χ2n) is 4.73. The fourth-order valence-corrected chi connectivity index (χ4v) is 1.86. The van der Waals surface area contributed by atoms with Crippen LogP contribution in [0.4, 0.5) is 0 Å². The molecule has 1 atom stereocenters. The van der Waals surface area contributed by atoms with E-state index in [0.717, 1.165) is 30.1 Å². The Morgan fingerprint density at radius 1 is 1.42 bits per heavy atom. The first kappa shape index (κ1) is 13.5. The van der Waals surface area contributed by atoms with Crippen molar-refractivity contribution in [3.8, 4) is 5.75 Å². The first-order valence-corrected chi connectivity index (χ1v) is 6.46. The van der Waals surface area contributed by atoms with Gasteiger partial charge < -0.3 is 15.0 Å². The van der Waals surface area contributed by atoms with Crippen LogP contribution >= 0.6 is 0 Å². The monoisotopic (exact) mass is 260 g/mol. The van der Waals surface area contributed by atoms with Crippen molar-refractivity contribution in [3.63, 3.8) is 0 Å². The molecule has 2 aromatic rings. The summed E-state index contributed by atoms with van der Waals surface area (Å²) in [4.78, 5) is 8.50. The molecule has 2 aromatic heterocycles. The Morgan fingerprint density at radius 2 is 2.26 bits per heavy atom. The highest BCUT2D eigenvalue weighted by Gasteiger charge is 2.08. The highest BCUT2D eigenvalue weighted by molar-refractivity contribution is 5.29. The third-order valence-electron chi connectivity index (χ3n) is 2.75. The average Bonchev–Trinajstić information content (AvgIpc) is 2.84. The Morgan fingerprint density at radius 3 is 2.95 bits per heavy atom. The van der Waals surface area contributed by atoms with E-state index in [1.165, 1.54) is 0 Å². The lowest BCUT2D eigenvalue weighted by Crippen LogP contribution is -2.19. The van der Waals surface area contributed by atoms with E-state index in [-0.39, 0.29) is 6.04 Å². The van der Waals surface area contributed by atoms with Gasteiger partial charge in [0.15, 0.2) is 0 Å². The summed E-state index contributed by atoms with van der Waals surface area (Å²) < 4.78 is 7.78. The molecular weight excluding hydrogens is 240 g/mol. The standard InChI is InChI=1S/C14H20N4O/c1-11(15)9-13-14(4-3-12(2)17-13)19-8-7-18-6-5-16-10-18/h3-6,10-11H,7-9,15H2,1-2H3. The van der Waals surface area contributed by atoms with Crippen molar-refractivity contribution >= 4 is 0 Å². The lowest BCUT2D eigenvalue weighted by Gasteiger charge is -2.13. The average molecular weight is 260 g/mol. The van der Waals surface area contributed by atoms with E-state index in [1.54, 1.807) is 12.5 Å². The number of pyridine rings is 1. The number of hydrogen-bond donors (Lipinski definition) is 1. The van der Waals surface area contributed by atoms with Crippen LogP contribution in [0.15, 0.2) is 30.9 Å². The SMILES string of the molecule is Cc1ccc(OCCn2ccnc2)c(CC(C)N)n1. The molecule has 0 radical (unpaired) electrons. The highest BCUT2D eigenvalue weighted by Crippen LogP contribution is 2.18. The fourth-order valence-electron chi connectivity index (χ4n) is 1.86. The maximum Gasteiger partial charge on any atom is 0.140 e. The van der Waals surface area contributed by atoms with Crippen LogP contribution in [-0.2, 0) is 13.0 Å². The zero-order valence-corrected chi connectivity index (χ0v) is 11.4. The molecule has 5 nitrogen and oxygen atoms in total. The number of nitrogens with two attached hydrogens (primary N) is 1. The lowest BCUT2D eigenvalue weighted by atomic mass is 10.1. The van der Waals surface area contributed by atoms with Gasteiger partial charge in [0.25, 0.3) is 0 Å². The predicted molar refractivity (Wildman–Crippen MR) is 74.0 cm³/mol. The Hall–Kier alpha value is -1.88. The van der Waals surface area contributed by atoms with Crippen LogP contribution in [0.1, 0.15) is 18.3 Å². The minimum Gasteiger partial charge on any atom is -0.490 e. The zero-order valence-electron chi connectivity index (χ0n) is 11.4. The van der Waals surface area contributed by atoms with Gasteiger partial charge >= 0.3 is 0 Å². The number of ether oxygens (including phenoxy) is 1. The van der Waals surface area contributed by atoms with Crippen molar-refractivity contribution in [2.45, 2.75) is 32.9 Å². The van der Waals surface area contributed by atoms with E-state index in [1.807, 2.05) is 36.7 Å². The Kier molecular flexibility index (Phi) is 4.52. The maximum absolute atomic E-state index is 5.84. The molecule has 0 spiro atoms. The number of aromatic nitrogens is 3. The highest BCUT2D eigenvalue weighted by atomic mass is 16.5. The van der Waals surface area contributed by atoms with Crippen LogP contribution in [0.25, 0.3) is 0 Å². The molecule has 0 saturated heterocycles. The van der Waals surface area contributed by atoms with Crippen LogP contribution < -0.4 is 10.5 Å². The molecule has 0 amide bonds. The molecule has 2 rings (SSSR count). The Labute approximate surface area is 113 Å². The quantitative estimate of drug-likeness (QED) is 0.856. The number of nitrogens with zero attached hydrogens (tertiary/aromatic N) is 3. The summed E-state index contributed by atoms with van der Waals surface area (Å²) in [5, 5.41) is 0. The maximum atomic E-state index is 5.84. The molecule has 5 heteroatoms. The van der Waals surface area contributed by atoms with Crippen LogP contribution in [-0.4, -0.2) is 27.2 Å². The molecule has 2 N–H and O–H groups in total. The van der Waals surface area contributed by atoms with Gasteiger partial charge in [0.1, 0.15) is 12.4 Å². The van der Waals surface area contributed by atoms with Gasteiger partial charge in [-0.05, 0) is 26.0 Å². The van der Waals surface area contributed by atoms with Gasteiger partial charge in [0, 0.05) is 30.6 Å². The summed E-state index contributed by atoms with van der Waals surface area (Å²) in [6.45, 7) is 5.30. The van der Waals surface area contributed by atoms with Gasteiger partial charge in [-0.3, -0.25) is 4.98 Å². The molecule has 0 aliphatic rings. The summed E-state index contributed by atoms with van der Waals surface area (Å²) in [6.07, 6.45) is 6.18. The second kappa shape index (κ2) is 6.33. The van der Waals surface area contributed by atoms with Crippen molar-refractivity contribution in [2.24, 2.45) is 5.73 Å². The van der Waals surface area contributed by atoms with Gasteiger partial charge in [-0.2, -0.15) is 0 Å². The van der Waals surface area contributed by atoms with E-state index < -0.39 is 0 Å². The van der Waals surface area contributed by atoms with Crippen molar-refractivity contribution in [2.75, 3.05) is 6.61 Å². The summed E-state index contributed by atoms with van der Waals surface area (Å²) in [6, 6.07) is 4.00. The normalized spacial score (nSPS) is 12.4. The van der Waals surface area contributed by atoms with Gasteiger partial charge in [0.2, 0.25) is 0 Å². The smallest absolute Gasteiger partial charge is 0.140 e. The van der Waals surface area contributed by atoms with E-state index >= 15 is 0 Å². The van der Waals surface area contributed by atoms with Gasteiger partial charge in [-0.25, -0.2) is 4.98 Å². The van der Waals surface area contributed by atoms with Crippen LogP contribution in [0.2, 0.25) is 0 Å². The molecule has 0 aromatic carbocycles. The number of aryl methyl sites for hydroxylation is 1. The summed E-state index contributed by atoms with van der Waals surface area (Å²) in [5.41, 5.74) is 7.76. The third kappa shape index (κ3) is 4.06. The number of hydrogen-bond acceptors (Lipinski definition) is 4. The van der Waals surface area contributed by atoms with Crippen molar-refractivity contribution in [1.29, 1.82) is 0 Å². The minimum atomic E-state index is 0.0744. The predicted octanol–water partition coefficient (Wildman–Crippen LogP) is 1.56. The zero-order chi connectivity index (χ0) is 13.7. The van der Waals surface area contributed by atoms with E-state index in [2.05, 4.69) is 9.97 Å².